The van der Waals surface area contributed by atoms with Crippen molar-refractivity contribution in [2.45, 2.75) is 32.7 Å². The molecule has 6 nitrogen and oxygen atoms in total. The molecule has 0 aliphatic carbocycles. The first kappa shape index (κ1) is 22.7. The highest BCUT2D eigenvalue weighted by molar-refractivity contribution is 14.0. The van der Waals surface area contributed by atoms with Crippen LogP contribution in [0.2, 0.25) is 0 Å². The molecule has 0 saturated carbocycles. The summed E-state index contributed by atoms with van der Waals surface area (Å²) >= 11 is 0. The van der Waals surface area contributed by atoms with E-state index < -0.39 is 0 Å². The molecule has 0 unspecified atom stereocenters. The monoisotopic (exact) mass is 496 g/mol. The summed E-state index contributed by atoms with van der Waals surface area (Å²) in [6, 6.07) is 10.3. The quantitative estimate of drug-likeness (QED) is 0.268. The van der Waals surface area contributed by atoms with Gasteiger partial charge in [0, 0.05) is 32.5 Å². The number of hydrogen-bond acceptors (Lipinski definition) is 3. The van der Waals surface area contributed by atoms with Crippen LogP contribution in [0.5, 0.6) is 0 Å². The van der Waals surface area contributed by atoms with Crippen LogP contribution in [0.3, 0.4) is 0 Å². The van der Waals surface area contributed by atoms with E-state index in [1.165, 1.54) is 38.0 Å². The van der Waals surface area contributed by atoms with Gasteiger partial charge in [-0.25, -0.2) is 4.68 Å². The lowest BCUT2D eigenvalue weighted by molar-refractivity contribution is 0.191. The molecule has 2 heterocycles. The maximum absolute atomic E-state index is 4.33. The zero-order chi connectivity index (χ0) is 18.9. The lowest BCUT2D eigenvalue weighted by atomic mass is 9.99. The van der Waals surface area contributed by atoms with Crippen molar-refractivity contribution in [3.8, 4) is 5.69 Å². The first-order valence-electron chi connectivity index (χ1n) is 10.0. The fourth-order valence-electron chi connectivity index (χ4n) is 3.43. The molecule has 3 rings (SSSR count). The number of halogens is 1. The average Bonchev–Trinajstić information content (AvgIpc) is 3.24. The fraction of sp³-hybridized carbons (Fsp3) is 0.524. The molecule has 2 aromatic rings. The summed E-state index contributed by atoms with van der Waals surface area (Å²) < 4.78 is 1.87. The van der Waals surface area contributed by atoms with Crippen LogP contribution in [0.15, 0.2) is 47.7 Å². The second-order valence-electron chi connectivity index (χ2n) is 7.35. The molecule has 1 aliphatic heterocycles. The van der Waals surface area contributed by atoms with Crippen molar-refractivity contribution in [3.05, 3.63) is 48.3 Å². The Kier molecular flexibility index (Phi) is 9.77. The van der Waals surface area contributed by atoms with E-state index in [1.807, 2.05) is 24.0 Å². The van der Waals surface area contributed by atoms with E-state index in [0.717, 1.165) is 37.1 Å². The molecule has 1 aromatic carbocycles. The van der Waals surface area contributed by atoms with Crippen LogP contribution in [0, 0.1) is 5.92 Å². The van der Waals surface area contributed by atoms with E-state index in [4.69, 9.17) is 0 Å². The molecule has 0 amide bonds. The highest BCUT2D eigenvalue weighted by Gasteiger charge is 2.14. The number of guanidine groups is 1. The van der Waals surface area contributed by atoms with Crippen LogP contribution >= 0.6 is 24.0 Å². The summed E-state index contributed by atoms with van der Waals surface area (Å²) in [4.78, 5) is 6.91. The zero-order valence-electron chi connectivity index (χ0n) is 17.0. The van der Waals surface area contributed by atoms with Gasteiger partial charge >= 0.3 is 0 Å². The Morgan fingerprint density at radius 1 is 1.21 bits per heavy atom. The third-order valence-corrected chi connectivity index (χ3v) is 5.18. The number of nitrogens with zero attached hydrogens (tertiary/aromatic N) is 4. The maximum Gasteiger partial charge on any atom is 0.191 e. The molecule has 154 valence electrons. The van der Waals surface area contributed by atoms with Crippen molar-refractivity contribution in [3.63, 3.8) is 0 Å². The number of aromatic nitrogens is 2. The van der Waals surface area contributed by atoms with Gasteiger partial charge in [0.1, 0.15) is 0 Å². The van der Waals surface area contributed by atoms with Crippen molar-refractivity contribution in [1.82, 2.24) is 25.3 Å². The maximum atomic E-state index is 4.33. The Hall–Kier alpha value is -1.61. The normalized spacial score (nSPS) is 15.9. The highest BCUT2D eigenvalue weighted by atomic mass is 127. The van der Waals surface area contributed by atoms with Gasteiger partial charge in [-0.05, 0) is 68.6 Å². The molecule has 1 aliphatic rings. The first-order chi connectivity index (χ1) is 13.2. The van der Waals surface area contributed by atoms with Gasteiger partial charge in [0.05, 0.1) is 5.69 Å². The second kappa shape index (κ2) is 12.1. The van der Waals surface area contributed by atoms with Crippen LogP contribution < -0.4 is 10.6 Å². The topological polar surface area (TPSA) is 57.5 Å². The third kappa shape index (κ3) is 7.09. The molecule has 28 heavy (non-hydrogen) atoms. The number of benzene rings is 1. The molecule has 0 radical (unpaired) electrons. The smallest absolute Gasteiger partial charge is 0.191 e. The van der Waals surface area contributed by atoms with Gasteiger partial charge in [0.25, 0.3) is 0 Å². The Labute approximate surface area is 185 Å². The number of nitrogens with one attached hydrogen (secondary N) is 2. The summed E-state index contributed by atoms with van der Waals surface area (Å²) in [5, 5.41) is 11.1. The third-order valence-electron chi connectivity index (χ3n) is 5.18. The van der Waals surface area contributed by atoms with Crippen molar-refractivity contribution in [2.24, 2.45) is 10.9 Å². The Morgan fingerprint density at radius 2 is 2.04 bits per heavy atom. The Bertz CT molecular complexity index is 707. The van der Waals surface area contributed by atoms with Crippen molar-refractivity contribution in [1.29, 1.82) is 0 Å². The highest BCUT2D eigenvalue weighted by Crippen LogP contribution is 2.15. The van der Waals surface area contributed by atoms with Gasteiger partial charge < -0.3 is 15.5 Å². The Morgan fingerprint density at radius 3 is 2.75 bits per heavy atom. The van der Waals surface area contributed by atoms with E-state index in [-0.39, 0.29) is 24.0 Å². The molecular formula is C21H33IN6. The van der Waals surface area contributed by atoms with Gasteiger partial charge in [-0.3, -0.25) is 4.99 Å². The van der Waals surface area contributed by atoms with Crippen molar-refractivity contribution in [2.75, 3.05) is 33.2 Å². The number of rotatable bonds is 7. The lowest BCUT2D eigenvalue weighted by Crippen LogP contribution is -2.39. The van der Waals surface area contributed by atoms with Gasteiger partial charge in [0.2, 0.25) is 0 Å². The van der Waals surface area contributed by atoms with Crippen molar-refractivity contribution < 1.29 is 0 Å². The standard InChI is InChI=1S/C21H32N6.HI/c1-18-8-14-26(15-9-18)12-4-10-23-21(22-2)24-17-19-6-3-7-20(16-19)27-13-5-11-25-27;/h3,5-7,11,13,16,18H,4,8-10,12,14-15,17H2,1-2H3,(H2,22,23,24);1H. The number of likely N-dealkylation sites (tertiary alicyclic amines) is 1. The molecule has 0 bridgehead atoms. The summed E-state index contributed by atoms with van der Waals surface area (Å²) in [5.41, 5.74) is 2.27. The SMILES string of the molecule is CN=C(NCCCN1CCC(C)CC1)NCc1cccc(-n2cccn2)c1.I. The minimum Gasteiger partial charge on any atom is -0.356 e. The first-order valence-corrected chi connectivity index (χ1v) is 10.0. The minimum atomic E-state index is 0. The molecule has 0 spiro atoms. The minimum absolute atomic E-state index is 0. The molecular weight excluding hydrogens is 463 g/mol. The number of hydrogen-bond donors (Lipinski definition) is 2. The van der Waals surface area contributed by atoms with E-state index in [2.05, 4.69) is 56.8 Å². The summed E-state index contributed by atoms with van der Waals surface area (Å²) in [6.45, 7) is 7.71. The van der Waals surface area contributed by atoms with Crippen LogP contribution in [0.1, 0.15) is 31.7 Å². The van der Waals surface area contributed by atoms with Gasteiger partial charge in [-0.15, -0.1) is 24.0 Å². The molecule has 0 atom stereocenters. The lowest BCUT2D eigenvalue weighted by Gasteiger charge is -2.30. The van der Waals surface area contributed by atoms with Crippen LogP contribution in [-0.4, -0.2) is 53.9 Å². The van der Waals surface area contributed by atoms with Crippen LogP contribution in [0.4, 0.5) is 0 Å². The van der Waals surface area contributed by atoms with Gasteiger partial charge in [0.15, 0.2) is 5.96 Å². The predicted molar refractivity (Wildman–Crippen MR) is 127 cm³/mol. The van der Waals surface area contributed by atoms with E-state index in [0.29, 0.717) is 0 Å². The van der Waals surface area contributed by atoms with Crippen LogP contribution in [0.25, 0.3) is 5.69 Å². The predicted octanol–water partition coefficient (Wildman–Crippen LogP) is 3.28. The van der Waals surface area contributed by atoms with Gasteiger partial charge in [-0.1, -0.05) is 19.1 Å². The van der Waals surface area contributed by atoms with E-state index in [9.17, 15) is 0 Å². The molecule has 7 heteroatoms. The van der Waals surface area contributed by atoms with Crippen molar-refractivity contribution >= 4 is 29.9 Å². The van der Waals surface area contributed by atoms with E-state index in [1.54, 1.807) is 6.20 Å². The zero-order valence-corrected chi connectivity index (χ0v) is 19.3. The molecule has 1 fully saturated rings. The number of aliphatic imine (C=N–C) groups is 1. The molecule has 1 saturated heterocycles. The molecule has 1 aromatic heterocycles. The average molecular weight is 496 g/mol. The number of piperidine rings is 1. The van der Waals surface area contributed by atoms with Gasteiger partial charge in [-0.2, -0.15) is 5.10 Å². The van der Waals surface area contributed by atoms with Crippen LogP contribution in [-0.2, 0) is 6.54 Å². The summed E-state index contributed by atoms with van der Waals surface area (Å²) in [7, 11) is 1.82. The largest absolute Gasteiger partial charge is 0.356 e. The second-order valence-corrected chi connectivity index (χ2v) is 7.35. The fourth-order valence-corrected chi connectivity index (χ4v) is 3.43. The Balaban J connectivity index is 0.00000280. The van der Waals surface area contributed by atoms with E-state index >= 15 is 0 Å². The summed E-state index contributed by atoms with van der Waals surface area (Å²) in [5.74, 6) is 1.75. The molecule has 2 N–H and O–H groups in total. The summed E-state index contributed by atoms with van der Waals surface area (Å²) in [6.07, 6.45) is 7.57.